The molecule has 4 aromatic rings. The summed E-state index contributed by atoms with van der Waals surface area (Å²) in [7, 11) is -2.12. The van der Waals surface area contributed by atoms with Crippen molar-refractivity contribution in [3.63, 3.8) is 0 Å². The van der Waals surface area contributed by atoms with Gasteiger partial charge in [-0.25, -0.2) is 18.1 Å². The summed E-state index contributed by atoms with van der Waals surface area (Å²) in [6, 6.07) is 16.1. The van der Waals surface area contributed by atoms with Crippen LogP contribution in [0.25, 0.3) is 5.82 Å². The minimum Gasteiger partial charge on any atom is -0.324 e. The molecule has 174 valence electrons. The summed E-state index contributed by atoms with van der Waals surface area (Å²) in [6.07, 6.45) is 5.11. The van der Waals surface area contributed by atoms with Crippen LogP contribution >= 0.6 is 0 Å². The summed E-state index contributed by atoms with van der Waals surface area (Å²) in [5.41, 5.74) is 6.38. The van der Waals surface area contributed by atoms with Gasteiger partial charge in [-0.3, -0.25) is 9.99 Å². The summed E-state index contributed by atoms with van der Waals surface area (Å²) in [5.74, 6) is 1.48. The van der Waals surface area contributed by atoms with E-state index >= 15 is 0 Å². The Hall–Kier alpha value is -4.09. The van der Waals surface area contributed by atoms with Gasteiger partial charge in [0, 0.05) is 24.1 Å². The van der Waals surface area contributed by atoms with Crippen LogP contribution in [0.3, 0.4) is 0 Å². The highest BCUT2D eigenvalue weighted by Crippen LogP contribution is 2.19. The fraction of sp³-hybridized carbons (Fsp3) is 0.130. The molecule has 4 rings (SSSR count). The summed E-state index contributed by atoms with van der Waals surface area (Å²) >= 11 is 0. The van der Waals surface area contributed by atoms with Crippen LogP contribution in [0, 0.1) is 6.92 Å². The lowest BCUT2D eigenvalue weighted by molar-refractivity contribution is 0.588. The van der Waals surface area contributed by atoms with E-state index in [-0.39, 0.29) is 4.90 Å². The molecule has 0 amide bonds. The van der Waals surface area contributed by atoms with Crippen LogP contribution in [0.5, 0.6) is 0 Å². The molecule has 2 aromatic carbocycles. The first-order valence-corrected chi connectivity index (χ1v) is 11.9. The number of aromatic nitrogens is 4. The maximum atomic E-state index is 11.9. The Morgan fingerprint density at radius 1 is 1.06 bits per heavy atom. The van der Waals surface area contributed by atoms with Gasteiger partial charge in [0.25, 0.3) is 0 Å². The maximum absolute atomic E-state index is 11.9. The first-order chi connectivity index (χ1) is 16.3. The number of nitrogens with one attached hydrogen (secondary N) is 3. The van der Waals surface area contributed by atoms with E-state index in [0.29, 0.717) is 23.3 Å². The average molecular weight is 477 g/mol. The van der Waals surface area contributed by atoms with Crippen LogP contribution < -0.4 is 15.5 Å². The van der Waals surface area contributed by atoms with Gasteiger partial charge in [0.15, 0.2) is 5.82 Å². The van der Waals surface area contributed by atoms with Crippen LogP contribution in [0.1, 0.15) is 18.1 Å². The number of benzene rings is 2. The minimum atomic E-state index is -3.49. The first-order valence-electron chi connectivity index (χ1n) is 10.4. The third kappa shape index (κ3) is 5.45. The fourth-order valence-corrected chi connectivity index (χ4v) is 3.86. The van der Waals surface area contributed by atoms with E-state index in [9.17, 15) is 8.42 Å². The molecule has 34 heavy (non-hydrogen) atoms. The van der Waals surface area contributed by atoms with Crippen molar-refractivity contribution in [1.29, 1.82) is 0 Å². The monoisotopic (exact) mass is 476 g/mol. The van der Waals surface area contributed by atoms with Gasteiger partial charge in [-0.15, -0.1) is 0 Å². The number of rotatable bonds is 8. The largest absolute Gasteiger partial charge is 0.324 e. The van der Waals surface area contributed by atoms with Crippen molar-refractivity contribution in [3.8, 4) is 5.82 Å². The standard InChI is InChI=1S/C23H24N8O2S/c1-16-5-4-6-19(13-16)26-23-27-21(14-22(28-23)31-12-11-25-15-31)30-29-17(2)18-7-9-20(10-8-18)34(32,33)24-3/h4-15,24H,1-3H3,(H2,26,27,28,30). The molecule has 2 heterocycles. The quantitative estimate of drug-likeness (QED) is 0.263. The molecule has 0 atom stereocenters. The highest BCUT2D eigenvalue weighted by molar-refractivity contribution is 7.89. The molecule has 0 saturated heterocycles. The van der Waals surface area contributed by atoms with Crippen molar-refractivity contribution in [3.05, 3.63) is 84.4 Å². The number of imidazole rings is 1. The van der Waals surface area contributed by atoms with E-state index in [1.54, 1.807) is 41.5 Å². The molecule has 0 spiro atoms. The molecule has 0 fully saturated rings. The van der Waals surface area contributed by atoms with Gasteiger partial charge < -0.3 is 5.32 Å². The Morgan fingerprint density at radius 2 is 1.85 bits per heavy atom. The first kappa shape index (κ1) is 23.1. The van der Waals surface area contributed by atoms with Crippen LogP contribution in [-0.2, 0) is 10.0 Å². The zero-order chi connectivity index (χ0) is 24.1. The van der Waals surface area contributed by atoms with E-state index < -0.39 is 10.0 Å². The second-order valence-corrected chi connectivity index (χ2v) is 9.33. The van der Waals surface area contributed by atoms with E-state index in [4.69, 9.17) is 0 Å². The Morgan fingerprint density at radius 3 is 2.53 bits per heavy atom. The summed E-state index contributed by atoms with van der Waals surface area (Å²) in [4.78, 5) is 13.4. The molecule has 3 N–H and O–H groups in total. The molecule has 0 bridgehead atoms. The predicted molar refractivity (Wildman–Crippen MR) is 132 cm³/mol. The Balaban J connectivity index is 1.60. The average Bonchev–Trinajstić information content (AvgIpc) is 3.38. The molecule has 0 saturated carbocycles. The number of hydrogen-bond acceptors (Lipinski definition) is 8. The SMILES string of the molecule is CNS(=O)(=O)c1ccc(C(C)=NNc2cc(-n3ccnc3)nc(Nc3cccc(C)c3)n2)cc1. The third-order valence-corrected chi connectivity index (χ3v) is 6.38. The van der Waals surface area contributed by atoms with Gasteiger partial charge in [-0.05, 0) is 56.3 Å². The highest BCUT2D eigenvalue weighted by atomic mass is 32.2. The molecule has 0 aliphatic heterocycles. The Labute approximate surface area is 197 Å². The van der Waals surface area contributed by atoms with Gasteiger partial charge in [-0.2, -0.15) is 15.1 Å². The second kappa shape index (κ2) is 9.81. The van der Waals surface area contributed by atoms with Gasteiger partial charge in [0.1, 0.15) is 12.1 Å². The highest BCUT2D eigenvalue weighted by Gasteiger charge is 2.11. The number of aryl methyl sites for hydroxylation is 1. The smallest absolute Gasteiger partial charge is 0.240 e. The van der Waals surface area contributed by atoms with Crippen molar-refractivity contribution < 1.29 is 8.42 Å². The van der Waals surface area contributed by atoms with Crippen molar-refractivity contribution in [2.45, 2.75) is 18.7 Å². The van der Waals surface area contributed by atoms with Crippen molar-refractivity contribution in [1.82, 2.24) is 24.2 Å². The van der Waals surface area contributed by atoms with Crippen molar-refractivity contribution >= 4 is 33.2 Å². The molecule has 11 heteroatoms. The van der Waals surface area contributed by atoms with E-state index in [1.807, 2.05) is 38.1 Å². The second-order valence-electron chi connectivity index (χ2n) is 7.44. The van der Waals surface area contributed by atoms with Crippen LogP contribution in [-0.4, -0.2) is 40.7 Å². The molecule has 0 unspecified atom stereocenters. The lowest BCUT2D eigenvalue weighted by Crippen LogP contribution is -2.18. The molecule has 0 aliphatic carbocycles. The number of hydrogen-bond donors (Lipinski definition) is 3. The topological polar surface area (TPSA) is 126 Å². The van der Waals surface area contributed by atoms with Crippen molar-refractivity contribution in [2.75, 3.05) is 17.8 Å². The molecule has 10 nitrogen and oxygen atoms in total. The molecular formula is C23H24N8O2S. The number of sulfonamides is 1. The lowest BCUT2D eigenvalue weighted by atomic mass is 10.1. The number of nitrogens with zero attached hydrogens (tertiary/aromatic N) is 5. The zero-order valence-corrected chi connectivity index (χ0v) is 19.7. The van der Waals surface area contributed by atoms with Gasteiger partial charge in [-0.1, -0.05) is 24.3 Å². The lowest BCUT2D eigenvalue weighted by Gasteiger charge is -2.11. The van der Waals surface area contributed by atoms with E-state index in [0.717, 1.165) is 16.8 Å². The van der Waals surface area contributed by atoms with Crippen LogP contribution in [0.4, 0.5) is 17.5 Å². The molecule has 0 aliphatic rings. The fourth-order valence-electron chi connectivity index (χ4n) is 3.13. The van der Waals surface area contributed by atoms with E-state index in [1.165, 1.54) is 19.2 Å². The molecular weight excluding hydrogens is 452 g/mol. The summed E-state index contributed by atoms with van der Waals surface area (Å²) in [6.45, 7) is 3.83. The third-order valence-electron chi connectivity index (χ3n) is 4.95. The summed E-state index contributed by atoms with van der Waals surface area (Å²) in [5, 5.41) is 7.65. The van der Waals surface area contributed by atoms with Gasteiger partial charge >= 0.3 is 0 Å². The van der Waals surface area contributed by atoms with E-state index in [2.05, 4.69) is 35.5 Å². The van der Waals surface area contributed by atoms with Crippen LogP contribution in [0.2, 0.25) is 0 Å². The Kier molecular flexibility index (Phi) is 6.66. The zero-order valence-electron chi connectivity index (χ0n) is 18.9. The summed E-state index contributed by atoms with van der Waals surface area (Å²) < 4.78 is 27.9. The van der Waals surface area contributed by atoms with Crippen molar-refractivity contribution in [2.24, 2.45) is 5.10 Å². The maximum Gasteiger partial charge on any atom is 0.240 e. The Bertz CT molecular complexity index is 1420. The van der Waals surface area contributed by atoms with Gasteiger partial charge in [0.05, 0.1) is 10.6 Å². The minimum absolute atomic E-state index is 0.187. The normalized spacial score (nSPS) is 11.9. The molecule has 2 aromatic heterocycles. The van der Waals surface area contributed by atoms with Gasteiger partial charge in [0.2, 0.25) is 16.0 Å². The predicted octanol–water partition coefficient (Wildman–Crippen LogP) is 3.46. The molecule has 0 radical (unpaired) electrons. The number of anilines is 3. The number of hydrazone groups is 1. The van der Waals surface area contributed by atoms with Crippen LogP contribution in [0.15, 0.2) is 83.3 Å².